The van der Waals surface area contributed by atoms with Crippen molar-refractivity contribution in [2.24, 2.45) is 5.92 Å². The molecule has 1 rings (SSSR count). The van der Waals surface area contributed by atoms with Crippen LogP contribution in [0.4, 0.5) is 0 Å². The highest BCUT2D eigenvalue weighted by Gasteiger charge is 2.26. The van der Waals surface area contributed by atoms with Gasteiger partial charge in [0.25, 0.3) is 0 Å². The summed E-state index contributed by atoms with van der Waals surface area (Å²) in [6.45, 7) is 0. The lowest BCUT2D eigenvalue weighted by Crippen LogP contribution is -2.16. The Bertz CT molecular complexity index is 101. The molecule has 0 bridgehead atoms. The van der Waals surface area contributed by atoms with Crippen molar-refractivity contribution in [1.82, 2.24) is 0 Å². The van der Waals surface area contributed by atoms with Gasteiger partial charge in [0, 0.05) is 7.11 Å². The first-order chi connectivity index (χ1) is 4.38. The maximum absolute atomic E-state index is 10.2. The molecule has 1 aliphatic carbocycles. The molecule has 0 aliphatic heterocycles. The van der Waals surface area contributed by atoms with E-state index >= 15 is 0 Å². The van der Waals surface area contributed by atoms with Crippen LogP contribution in [0.5, 0.6) is 0 Å². The van der Waals surface area contributed by atoms with Gasteiger partial charge in [-0.15, -0.1) is 0 Å². The third-order valence-corrected chi connectivity index (χ3v) is 1.91. The predicted octanol–water partition coefficient (Wildman–Crippen LogP) is 0.911. The summed E-state index contributed by atoms with van der Waals surface area (Å²) in [7, 11) is 1.65. The molecule has 2 unspecified atom stereocenters. The van der Waals surface area contributed by atoms with Crippen molar-refractivity contribution < 1.29 is 9.53 Å². The summed E-state index contributed by atoms with van der Waals surface area (Å²) in [5.41, 5.74) is 0. The lowest BCUT2D eigenvalue weighted by Gasteiger charge is -2.09. The molecule has 0 N–H and O–H groups in total. The Kier molecular flexibility index (Phi) is 2.22. The van der Waals surface area contributed by atoms with E-state index in [4.69, 9.17) is 4.74 Å². The van der Waals surface area contributed by atoms with E-state index in [-0.39, 0.29) is 12.0 Å². The molecule has 1 radical (unpaired) electrons. The number of carbonyl (C=O) groups excluding carboxylic acids is 1. The molecule has 0 spiro atoms. The first-order valence-corrected chi connectivity index (χ1v) is 3.29. The maximum atomic E-state index is 10.2. The molecule has 2 atom stereocenters. The molecule has 0 aromatic heterocycles. The van der Waals surface area contributed by atoms with E-state index in [9.17, 15) is 4.79 Å². The Morgan fingerprint density at radius 2 is 2.33 bits per heavy atom. The molecular weight excluding hydrogens is 116 g/mol. The topological polar surface area (TPSA) is 26.3 Å². The average Bonchev–Trinajstić information content (AvgIpc) is 2.33. The smallest absolute Gasteiger partial charge is 0.204 e. The molecule has 0 amide bonds. The van der Waals surface area contributed by atoms with Gasteiger partial charge in [-0.1, -0.05) is 6.42 Å². The summed E-state index contributed by atoms with van der Waals surface area (Å²) < 4.78 is 5.05. The van der Waals surface area contributed by atoms with Crippen molar-refractivity contribution >= 4 is 6.29 Å². The summed E-state index contributed by atoms with van der Waals surface area (Å²) in [5.74, 6) is 0.0509. The van der Waals surface area contributed by atoms with Crippen LogP contribution in [0.1, 0.15) is 19.3 Å². The zero-order valence-electron chi connectivity index (χ0n) is 5.59. The van der Waals surface area contributed by atoms with Crippen LogP contribution in [-0.4, -0.2) is 19.5 Å². The Labute approximate surface area is 55.2 Å². The second kappa shape index (κ2) is 2.97. The first kappa shape index (κ1) is 6.75. The van der Waals surface area contributed by atoms with Crippen molar-refractivity contribution in [3.05, 3.63) is 0 Å². The van der Waals surface area contributed by atoms with E-state index in [1.807, 2.05) is 6.29 Å². The molecule has 2 heteroatoms. The lowest BCUT2D eigenvalue weighted by molar-refractivity contribution is 0.0906. The highest BCUT2D eigenvalue weighted by atomic mass is 16.5. The van der Waals surface area contributed by atoms with Crippen molar-refractivity contribution in [3.8, 4) is 0 Å². The number of ether oxygens (including phenoxy) is 1. The van der Waals surface area contributed by atoms with E-state index in [2.05, 4.69) is 0 Å². The number of hydrogen-bond acceptors (Lipinski definition) is 2. The molecule has 9 heavy (non-hydrogen) atoms. The van der Waals surface area contributed by atoms with Crippen molar-refractivity contribution in [1.29, 1.82) is 0 Å². The highest BCUT2D eigenvalue weighted by Crippen LogP contribution is 2.25. The Hall–Kier alpha value is -0.370. The van der Waals surface area contributed by atoms with E-state index < -0.39 is 0 Å². The third-order valence-electron chi connectivity index (χ3n) is 1.91. The van der Waals surface area contributed by atoms with Gasteiger partial charge in [0.2, 0.25) is 6.29 Å². The zero-order chi connectivity index (χ0) is 6.69. The van der Waals surface area contributed by atoms with Gasteiger partial charge < -0.3 is 4.74 Å². The summed E-state index contributed by atoms with van der Waals surface area (Å²) in [6.07, 6.45) is 5.24. The summed E-state index contributed by atoms with van der Waals surface area (Å²) >= 11 is 0. The van der Waals surface area contributed by atoms with E-state index in [1.54, 1.807) is 7.11 Å². The first-order valence-electron chi connectivity index (χ1n) is 3.29. The van der Waals surface area contributed by atoms with Crippen LogP contribution in [0.25, 0.3) is 0 Å². The molecule has 51 valence electrons. The average molecular weight is 127 g/mol. The second-order valence-electron chi connectivity index (χ2n) is 2.43. The van der Waals surface area contributed by atoms with Crippen LogP contribution in [0.2, 0.25) is 0 Å². The van der Waals surface area contributed by atoms with Gasteiger partial charge in [0.15, 0.2) is 0 Å². The minimum absolute atomic E-state index is 0.0509. The van der Waals surface area contributed by atoms with Crippen LogP contribution >= 0.6 is 0 Å². The van der Waals surface area contributed by atoms with Gasteiger partial charge in [-0.25, -0.2) is 0 Å². The van der Waals surface area contributed by atoms with E-state index in [0.717, 1.165) is 19.3 Å². The lowest BCUT2D eigenvalue weighted by atomic mass is 10.1. The van der Waals surface area contributed by atoms with Gasteiger partial charge in [0.1, 0.15) is 0 Å². The monoisotopic (exact) mass is 127 g/mol. The van der Waals surface area contributed by atoms with Crippen LogP contribution in [0.15, 0.2) is 0 Å². The quantitative estimate of drug-likeness (QED) is 0.551. The van der Waals surface area contributed by atoms with Gasteiger partial charge in [-0.3, -0.25) is 4.79 Å². The Morgan fingerprint density at radius 3 is 2.78 bits per heavy atom. The fourth-order valence-electron chi connectivity index (χ4n) is 1.34. The molecule has 0 saturated heterocycles. The highest BCUT2D eigenvalue weighted by molar-refractivity contribution is 5.56. The zero-order valence-corrected chi connectivity index (χ0v) is 5.59. The number of methoxy groups -OCH3 is 1. The van der Waals surface area contributed by atoms with Crippen molar-refractivity contribution in [2.45, 2.75) is 25.4 Å². The molecule has 1 aliphatic rings. The number of rotatable bonds is 2. The standard InChI is InChI=1S/C7H11O2/c1-9-7-4-2-3-6(7)5-8/h6-7H,2-4H2,1H3. The largest absolute Gasteiger partial charge is 0.381 e. The Morgan fingerprint density at radius 1 is 1.56 bits per heavy atom. The van der Waals surface area contributed by atoms with E-state index in [0.29, 0.717) is 0 Å². The maximum Gasteiger partial charge on any atom is 0.204 e. The van der Waals surface area contributed by atoms with Crippen LogP contribution in [-0.2, 0) is 9.53 Å². The normalized spacial score (nSPS) is 34.8. The van der Waals surface area contributed by atoms with Gasteiger partial charge >= 0.3 is 0 Å². The minimum atomic E-state index is 0.0509. The summed E-state index contributed by atoms with van der Waals surface area (Å²) in [6, 6.07) is 0. The van der Waals surface area contributed by atoms with Crippen molar-refractivity contribution in [3.63, 3.8) is 0 Å². The minimum Gasteiger partial charge on any atom is -0.381 e. The molecule has 1 saturated carbocycles. The fourth-order valence-corrected chi connectivity index (χ4v) is 1.34. The number of hydrogen-bond donors (Lipinski definition) is 0. The van der Waals surface area contributed by atoms with Gasteiger partial charge in [-0.2, -0.15) is 0 Å². The summed E-state index contributed by atoms with van der Waals surface area (Å²) in [4.78, 5) is 10.2. The molecule has 0 heterocycles. The third kappa shape index (κ3) is 1.30. The van der Waals surface area contributed by atoms with Gasteiger partial charge in [0.05, 0.1) is 12.0 Å². The Balaban J connectivity index is 2.41. The molecule has 2 nitrogen and oxygen atoms in total. The fraction of sp³-hybridized carbons (Fsp3) is 0.857. The molecular formula is C7H11O2. The summed E-state index contributed by atoms with van der Waals surface area (Å²) in [5, 5.41) is 0. The SMILES string of the molecule is COC1CCCC1[C]=O. The molecule has 0 aromatic rings. The van der Waals surface area contributed by atoms with Crippen molar-refractivity contribution in [2.75, 3.05) is 7.11 Å². The second-order valence-corrected chi connectivity index (χ2v) is 2.43. The van der Waals surface area contributed by atoms with E-state index in [1.165, 1.54) is 0 Å². The van der Waals surface area contributed by atoms with Crippen LogP contribution < -0.4 is 0 Å². The van der Waals surface area contributed by atoms with Crippen LogP contribution in [0, 0.1) is 5.92 Å². The molecule has 0 aromatic carbocycles. The molecule has 1 fully saturated rings. The van der Waals surface area contributed by atoms with Crippen LogP contribution in [0.3, 0.4) is 0 Å². The van der Waals surface area contributed by atoms with Gasteiger partial charge in [-0.05, 0) is 12.8 Å². The predicted molar refractivity (Wildman–Crippen MR) is 33.8 cm³/mol.